The van der Waals surface area contributed by atoms with E-state index in [2.05, 4.69) is 5.32 Å². The van der Waals surface area contributed by atoms with Gasteiger partial charge in [-0.25, -0.2) is 0 Å². The summed E-state index contributed by atoms with van der Waals surface area (Å²) in [5.41, 5.74) is -1.34. The van der Waals surface area contributed by atoms with Gasteiger partial charge in [0.15, 0.2) is 24.1 Å². The van der Waals surface area contributed by atoms with Gasteiger partial charge in [-0.3, -0.25) is 19.2 Å². The van der Waals surface area contributed by atoms with E-state index in [9.17, 15) is 19.2 Å². The molecule has 2 aliphatic rings. The normalized spacial score (nSPS) is 30.3. The van der Waals surface area contributed by atoms with Gasteiger partial charge in [0.05, 0.1) is 6.61 Å². The summed E-state index contributed by atoms with van der Waals surface area (Å²) in [5.74, 6) is -1.86. The number of hydrogen-bond donors (Lipinski definition) is 1. The second-order valence-corrected chi connectivity index (χ2v) is 6.90. The Balaban J connectivity index is 2.40. The van der Waals surface area contributed by atoms with Gasteiger partial charge in [-0.1, -0.05) is 27.7 Å². The minimum absolute atomic E-state index is 0.0605. The first-order valence-corrected chi connectivity index (χ1v) is 9.93. The highest BCUT2D eigenvalue weighted by atomic mass is 16.8. The first-order chi connectivity index (χ1) is 13.8. The van der Waals surface area contributed by atoms with Crippen molar-refractivity contribution in [3.63, 3.8) is 0 Å². The predicted molar refractivity (Wildman–Crippen MR) is 97.4 cm³/mol. The van der Waals surface area contributed by atoms with Crippen LogP contribution in [-0.4, -0.2) is 67.2 Å². The summed E-state index contributed by atoms with van der Waals surface area (Å²) in [6.45, 7) is 6.25. The van der Waals surface area contributed by atoms with Crippen molar-refractivity contribution in [3.8, 4) is 0 Å². The summed E-state index contributed by atoms with van der Waals surface area (Å²) in [6.07, 6.45) is -2.63. The third-order valence-corrected chi connectivity index (χ3v) is 4.83. The van der Waals surface area contributed by atoms with Crippen molar-refractivity contribution in [1.82, 2.24) is 5.32 Å². The Labute approximate surface area is 169 Å². The standard InChI is InChI=1S/C19H29NO9/c1-5-11(21)20-15-16(27-13(23)7-3)17(28-14(24)8-4)19(9-25-12(22)6-2)10-26-18(15)29-19/h15-18H,5-10H2,1-4H3,(H,20,21)/t15-,16-,17-,18+,19+/m1/s1. The SMILES string of the molecule is CCC(=O)N[C@H]1[C@H]2OC[C@](COC(=O)CC)(O2)[C@H](OC(=O)CC)[C@@H]1OC(=O)CC. The summed E-state index contributed by atoms with van der Waals surface area (Å²) in [5, 5.41) is 2.73. The maximum absolute atomic E-state index is 12.1. The lowest BCUT2D eigenvalue weighted by Crippen LogP contribution is -2.68. The lowest BCUT2D eigenvalue weighted by Gasteiger charge is -2.45. The van der Waals surface area contributed by atoms with Crippen LogP contribution in [0.25, 0.3) is 0 Å². The Bertz CT molecular complexity index is 637. The van der Waals surface area contributed by atoms with Crippen molar-refractivity contribution in [2.24, 2.45) is 0 Å². The number of fused-ring (bicyclic) bond motifs is 2. The van der Waals surface area contributed by atoms with Crippen LogP contribution in [0.5, 0.6) is 0 Å². The molecule has 1 amide bonds. The van der Waals surface area contributed by atoms with Gasteiger partial charge in [-0.15, -0.1) is 0 Å². The minimum Gasteiger partial charge on any atom is -0.462 e. The molecule has 1 N–H and O–H groups in total. The average Bonchev–Trinajstić information content (AvgIpc) is 3.12. The first-order valence-electron chi connectivity index (χ1n) is 9.93. The number of carbonyl (C=O) groups is 4. The maximum atomic E-state index is 12.1. The van der Waals surface area contributed by atoms with Gasteiger partial charge in [-0.05, 0) is 0 Å². The smallest absolute Gasteiger partial charge is 0.306 e. The fraction of sp³-hybridized carbons (Fsp3) is 0.789. The molecule has 2 saturated heterocycles. The molecule has 0 saturated carbocycles. The van der Waals surface area contributed by atoms with E-state index in [4.69, 9.17) is 23.7 Å². The van der Waals surface area contributed by atoms with Crippen LogP contribution in [0.2, 0.25) is 0 Å². The van der Waals surface area contributed by atoms with E-state index in [-0.39, 0.29) is 44.8 Å². The van der Waals surface area contributed by atoms with Crippen LogP contribution in [0.4, 0.5) is 0 Å². The van der Waals surface area contributed by atoms with Gasteiger partial charge >= 0.3 is 17.9 Å². The zero-order valence-corrected chi connectivity index (χ0v) is 17.2. The van der Waals surface area contributed by atoms with Crippen LogP contribution in [-0.2, 0) is 42.9 Å². The van der Waals surface area contributed by atoms with Gasteiger partial charge in [-0.2, -0.15) is 0 Å². The molecule has 0 unspecified atom stereocenters. The molecule has 164 valence electrons. The Hall–Kier alpha value is -2.20. The van der Waals surface area contributed by atoms with Crippen molar-refractivity contribution in [2.45, 2.75) is 83.5 Å². The van der Waals surface area contributed by atoms with Crippen molar-refractivity contribution >= 4 is 23.8 Å². The van der Waals surface area contributed by atoms with E-state index in [1.807, 2.05) is 0 Å². The van der Waals surface area contributed by atoms with Gasteiger partial charge in [0.1, 0.15) is 12.6 Å². The Morgan fingerprint density at radius 2 is 1.55 bits per heavy atom. The summed E-state index contributed by atoms with van der Waals surface area (Å²) in [6, 6.07) is -0.884. The average molecular weight is 415 g/mol. The molecule has 2 fully saturated rings. The van der Waals surface area contributed by atoms with E-state index >= 15 is 0 Å². The number of nitrogens with one attached hydrogen (secondary N) is 1. The molecule has 0 aromatic carbocycles. The number of ether oxygens (including phenoxy) is 5. The third kappa shape index (κ3) is 5.24. The highest BCUT2D eigenvalue weighted by Crippen LogP contribution is 2.40. The molecule has 2 aliphatic heterocycles. The number of rotatable bonds is 9. The largest absolute Gasteiger partial charge is 0.462 e. The highest BCUT2D eigenvalue weighted by molar-refractivity contribution is 5.76. The van der Waals surface area contributed by atoms with Crippen LogP contribution in [0.15, 0.2) is 0 Å². The quantitative estimate of drug-likeness (QED) is 0.425. The fourth-order valence-electron chi connectivity index (χ4n) is 3.16. The monoisotopic (exact) mass is 415 g/mol. The highest BCUT2D eigenvalue weighted by Gasteiger charge is 2.64. The molecule has 10 nitrogen and oxygen atoms in total. The Kier molecular flexibility index (Phi) is 7.97. The molecule has 2 rings (SSSR count). The molecule has 29 heavy (non-hydrogen) atoms. The van der Waals surface area contributed by atoms with E-state index < -0.39 is 48.0 Å². The van der Waals surface area contributed by atoms with E-state index in [1.54, 1.807) is 27.7 Å². The van der Waals surface area contributed by atoms with Crippen molar-refractivity contribution in [2.75, 3.05) is 13.2 Å². The summed E-state index contributed by atoms with van der Waals surface area (Å²) >= 11 is 0. The number of amides is 1. The van der Waals surface area contributed by atoms with Gasteiger partial charge < -0.3 is 29.0 Å². The lowest BCUT2D eigenvalue weighted by atomic mass is 9.87. The van der Waals surface area contributed by atoms with Crippen LogP contribution in [0, 0.1) is 0 Å². The molecule has 2 bridgehead atoms. The third-order valence-electron chi connectivity index (χ3n) is 4.83. The Morgan fingerprint density at radius 1 is 0.931 bits per heavy atom. The Morgan fingerprint density at radius 3 is 2.14 bits per heavy atom. The molecule has 2 heterocycles. The maximum Gasteiger partial charge on any atom is 0.306 e. The van der Waals surface area contributed by atoms with Gasteiger partial charge in [0, 0.05) is 25.7 Å². The summed E-state index contributed by atoms with van der Waals surface area (Å²) in [4.78, 5) is 47.9. The second-order valence-electron chi connectivity index (χ2n) is 6.90. The van der Waals surface area contributed by atoms with Crippen LogP contribution >= 0.6 is 0 Å². The number of hydrogen-bond acceptors (Lipinski definition) is 9. The predicted octanol–water partition coefficient (Wildman–Crippen LogP) is 0.603. The molecule has 0 radical (unpaired) electrons. The van der Waals surface area contributed by atoms with E-state index in [0.29, 0.717) is 0 Å². The molecule has 10 heteroatoms. The van der Waals surface area contributed by atoms with Crippen LogP contribution in [0.1, 0.15) is 53.4 Å². The number of carbonyl (C=O) groups excluding carboxylic acids is 4. The molecule has 0 spiro atoms. The summed E-state index contributed by atoms with van der Waals surface area (Å²) < 4.78 is 28.0. The molecule has 0 aromatic rings. The van der Waals surface area contributed by atoms with Crippen molar-refractivity contribution in [3.05, 3.63) is 0 Å². The molecule has 0 aliphatic carbocycles. The summed E-state index contributed by atoms with van der Waals surface area (Å²) in [7, 11) is 0. The molecule has 0 aromatic heterocycles. The topological polar surface area (TPSA) is 126 Å². The van der Waals surface area contributed by atoms with E-state index in [1.165, 1.54) is 0 Å². The molecular formula is C19H29NO9. The van der Waals surface area contributed by atoms with Crippen molar-refractivity contribution in [1.29, 1.82) is 0 Å². The second kappa shape index (κ2) is 10.0. The van der Waals surface area contributed by atoms with Crippen LogP contribution < -0.4 is 5.32 Å². The zero-order chi connectivity index (χ0) is 21.6. The number of esters is 3. The molecular weight excluding hydrogens is 386 g/mol. The first kappa shape index (κ1) is 23.1. The fourth-order valence-corrected chi connectivity index (χ4v) is 3.16. The minimum atomic E-state index is -1.34. The van der Waals surface area contributed by atoms with Crippen LogP contribution in [0.3, 0.4) is 0 Å². The van der Waals surface area contributed by atoms with Gasteiger partial charge in [0.2, 0.25) is 5.91 Å². The molecule has 5 atom stereocenters. The zero-order valence-electron chi connectivity index (χ0n) is 17.2. The lowest BCUT2D eigenvalue weighted by molar-refractivity contribution is -0.251. The van der Waals surface area contributed by atoms with Crippen molar-refractivity contribution < 1.29 is 42.9 Å². The van der Waals surface area contributed by atoms with E-state index in [0.717, 1.165) is 0 Å². The van der Waals surface area contributed by atoms with Gasteiger partial charge in [0.25, 0.3) is 0 Å².